The maximum Gasteiger partial charge on any atom is 0.347 e. The van der Waals surface area contributed by atoms with Gasteiger partial charge in [-0.3, -0.25) is 0 Å². The van der Waals surface area contributed by atoms with Crippen molar-refractivity contribution >= 4 is 33.4 Å². The first-order chi connectivity index (χ1) is 13.7. The minimum absolute atomic E-state index is 0.377. The lowest BCUT2D eigenvalue weighted by Gasteiger charge is -2.38. The summed E-state index contributed by atoms with van der Waals surface area (Å²) in [5.74, 6) is 0.539. The van der Waals surface area contributed by atoms with E-state index in [1.54, 1.807) is 0 Å². The average molecular weight is 374 g/mol. The van der Waals surface area contributed by atoms with Crippen molar-refractivity contribution in [3.05, 3.63) is 52.9 Å². The summed E-state index contributed by atoms with van der Waals surface area (Å²) >= 11 is 0. The Morgan fingerprint density at radius 2 is 1.75 bits per heavy atom. The molecule has 1 aliphatic heterocycles. The Morgan fingerprint density at radius 3 is 2.46 bits per heavy atom. The summed E-state index contributed by atoms with van der Waals surface area (Å²) in [5.41, 5.74) is 4.74. The highest BCUT2D eigenvalue weighted by molar-refractivity contribution is 5.92. The van der Waals surface area contributed by atoms with Crippen LogP contribution in [0.5, 0.6) is 0 Å². The van der Waals surface area contributed by atoms with Gasteiger partial charge in [0.1, 0.15) is 17.0 Å². The number of anilines is 2. The number of nitrogens with zero attached hydrogens (tertiary/aromatic N) is 3. The molecular weight excluding hydrogens is 352 g/mol. The zero-order valence-electron chi connectivity index (χ0n) is 16.0. The van der Waals surface area contributed by atoms with E-state index in [-0.39, 0.29) is 5.63 Å². The molecule has 4 aromatic rings. The third-order valence-corrected chi connectivity index (χ3v) is 5.56. The van der Waals surface area contributed by atoms with Crippen molar-refractivity contribution in [1.82, 2.24) is 9.97 Å². The van der Waals surface area contributed by atoms with Crippen molar-refractivity contribution in [2.75, 3.05) is 36.0 Å². The number of hydrogen-bond donors (Lipinski definition) is 1. The number of H-pyrrole nitrogens is 1. The van der Waals surface area contributed by atoms with Crippen molar-refractivity contribution in [1.29, 1.82) is 0 Å². The Hall–Kier alpha value is -3.28. The Kier molecular flexibility index (Phi) is 3.86. The SMILES string of the molecule is CCN1CCN(CC)c2cc3oc(=O)c(-c4nc5ccccc5[nH]4)cc3cc21. The van der Waals surface area contributed by atoms with Crippen LogP contribution in [0.3, 0.4) is 0 Å². The molecule has 0 bridgehead atoms. The molecule has 6 heteroatoms. The third-order valence-electron chi connectivity index (χ3n) is 5.56. The Labute approximate surface area is 162 Å². The number of benzene rings is 2. The van der Waals surface area contributed by atoms with Gasteiger partial charge in [0.05, 0.1) is 22.4 Å². The molecule has 0 spiro atoms. The van der Waals surface area contributed by atoms with Gasteiger partial charge >= 0.3 is 5.63 Å². The maximum absolute atomic E-state index is 12.7. The van der Waals surface area contributed by atoms with Gasteiger partial charge in [0.25, 0.3) is 0 Å². The van der Waals surface area contributed by atoms with E-state index < -0.39 is 0 Å². The van der Waals surface area contributed by atoms with Gasteiger partial charge in [0.2, 0.25) is 0 Å². The van der Waals surface area contributed by atoms with Crippen LogP contribution >= 0.6 is 0 Å². The van der Waals surface area contributed by atoms with E-state index in [4.69, 9.17) is 4.42 Å². The number of fused-ring (bicyclic) bond motifs is 3. The molecule has 0 fully saturated rings. The summed E-state index contributed by atoms with van der Waals surface area (Å²) in [6.45, 7) is 8.16. The third kappa shape index (κ3) is 2.56. The van der Waals surface area contributed by atoms with Gasteiger partial charge in [-0.15, -0.1) is 0 Å². The quantitative estimate of drug-likeness (QED) is 0.549. The Balaban J connectivity index is 1.71. The van der Waals surface area contributed by atoms with E-state index in [0.717, 1.165) is 48.3 Å². The van der Waals surface area contributed by atoms with Crippen molar-refractivity contribution in [3.63, 3.8) is 0 Å². The molecular formula is C22H22N4O2. The predicted octanol–water partition coefficient (Wildman–Crippen LogP) is 4.00. The lowest BCUT2D eigenvalue weighted by molar-refractivity contribution is 0.562. The van der Waals surface area contributed by atoms with Crippen molar-refractivity contribution in [2.45, 2.75) is 13.8 Å². The molecule has 0 saturated carbocycles. The van der Waals surface area contributed by atoms with Gasteiger partial charge in [0.15, 0.2) is 0 Å². The molecule has 142 valence electrons. The summed E-state index contributed by atoms with van der Waals surface area (Å²) < 4.78 is 5.71. The van der Waals surface area contributed by atoms with Gasteiger partial charge in [-0.05, 0) is 38.1 Å². The second-order valence-electron chi connectivity index (χ2n) is 7.09. The number of imidazole rings is 1. The topological polar surface area (TPSA) is 65.4 Å². The largest absolute Gasteiger partial charge is 0.422 e. The standard InChI is InChI=1S/C22H22N4O2/c1-3-25-9-10-26(4-2)19-13-20-14(12-18(19)25)11-15(22(27)28-20)21-23-16-7-5-6-8-17(16)24-21/h5-8,11-13H,3-4,9-10H2,1-2H3,(H,23,24). The smallest absolute Gasteiger partial charge is 0.347 e. The molecule has 1 N–H and O–H groups in total. The van der Waals surface area contributed by atoms with Crippen LogP contribution < -0.4 is 15.4 Å². The molecule has 3 heterocycles. The number of rotatable bonds is 3. The molecule has 1 aliphatic rings. The van der Waals surface area contributed by atoms with Gasteiger partial charge in [0, 0.05) is 37.6 Å². The minimum Gasteiger partial charge on any atom is -0.422 e. The Morgan fingerprint density at radius 1 is 1.04 bits per heavy atom. The molecule has 2 aromatic carbocycles. The number of para-hydroxylation sites is 2. The van der Waals surface area contributed by atoms with Crippen LogP contribution in [0.4, 0.5) is 11.4 Å². The van der Waals surface area contributed by atoms with Gasteiger partial charge in [-0.25, -0.2) is 9.78 Å². The van der Waals surface area contributed by atoms with E-state index >= 15 is 0 Å². The number of hydrogen-bond acceptors (Lipinski definition) is 5. The van der Waals surface area contributed by atoms with E-state index in [1.807, 2.05) is 36.4 Å². The van der Waals surface area contributed by atoms with Crippen LogP contribution in [0.15, 0.2) is 51.7 Å². The summed E-state index contributed by atoms with van der Waals surface area (Å²) in [4.78, 5) is 25.2. The second kappa shape index (κ2) is 6.41. The lowest BCUT2D eigenvalue weighted by Crippen LogP contribution is -2.40. The van der Waals surface area contributed by atoms with Crippen LogP contribution in [0.25, 0.3) is 33.4 Å². The fourth-order valence-electron chi connectivity index (χ4n) is 4.04. The van der Waals surface area contributed by atoms with E-state index in [2.05, 4.69) is 39.7 Å². The average Bonchev–Trinajstić information content (AvgIpc) is 3.15. The fraction of sp³-hybridized carbons (Fsp3) is 0.273. The van der Waals surface area contributed by atoms with Crippen molar-refractivity contribution in [3.8, 4) is 11.4 Å². The fourth-order valence-corrected chi connectivity index (χ4v) is 4.04. The first-order valence-electron chi connectivity index (χ1n) is 9.75. The zero-order valence-corrected chi connectivity index (χ0v) is 16.0. The van der Waals surface area contributed by atoms with E-state index in [1.165, 1.54) is 5.69 Å². The number of likely N-dealkylation sites (N-methyl/N-ethyl adjacent to an activating group) is 2. The summed E-state index contributed by atoms with van der Waals surface area (Å²) in [7, 11) is 0. The first-order valence-corrected chi connectivity index (χ1v) is 9.75. The predicted molar refractivity (Wildman–Crippen MR) is 113 cm³/mol. The molecule has 0 radical (unpaired) electrons. The molecule has 0 unspecified atom stereocenters. The number of nitrogens with one attached hydrogen (secondary N) is 1. The highest BCUT2D eigenvalue weighted by Gasteiger charge is 2.23. The van der Waals surface area contributed by atoms with Crippen LogP contribution in [-0.2, 0) is 0 Å². The number of aromatic nitrogens is 2. The highest BCUT2D eigenvalue weighted by atomic mass is 16.4. The van der Waals surface area contributed by atoms with Gasteiger partial charge < -0.3 is 19.2 Å². The van der Waals surface area contributed by atoms with Gasteiger partial charge in [-0.1, -0.05) is 12.1 Å². The van der Waals surface area contributed by atoms with Crippen LogP contribution in [-0.4, -0.2) is 36.1 Å². The first kappa shape index (κ1) is 16.9. The summed E-state index contributed by atoms with van der Waals surface area (Å²) in [5, 5.41) is 0.908. The van der Waals surface area contributed by atoms with Gasteiger partial charge in [-0.2, -0.15) is 0 Å². The monoisotopic (exact) mass is 374 g/mol. The maximum atomic E-state index is 12.7. The molecule has 0 aliphatic carbocycles. The minimum atomic E-state index is -0.377. The molecule has 2 aromatic heterocycles. The normalized spacial score (nSPS) is 14.1. The molecule has 6 nitrogen and oxygen atoms in total. The zero-order chi connectivity index (χ0) is 19.3. The van der Waals surface area contributed by atoms with Crippen LogP contribution in [0.2, 0.25) is 0 Å². The lowest BCUT2D eigenvalue weighted by atomic mass is 10.1. The summed E-state index contributed by atoms with van der Waals surface area (Å²) in [6, 6.07) is 13.8. The second-order valence-corrected chi connectivity index (χ2v) is 7.09. The number of aromatic amines is 1. The van der Waals surface area contributed by atoms with Crippen molar-refractivity contribution < 1.29 is 4.42 Å². The van der Waals surface area contributed by atoms with Crippen LogP contribution in [0.1, 0.15) is 13.8 Å². The highest BCUT2D eigenvalue weighted by Crippen LogP contribution is 2.37. The summed E-state index contributed by atoms with van der Waals surface area (Å²) in [6.07, 6.45) is 0. The van der Waals surface area contributed by atoms with E-state index in [9.17, 15) is 4.79 Å². The van der Waals surface area contributed by atoms with E-state index in [0.29, 0.717) is 17.0 Å². The Bertz CT molecular complexity index is 1210. The molecule has 5 rings (SSSR count). The van der Waals surface area contributed by atoms with Crippen LogP contribution in [0, 0.1) is 0 Å². The molecule has 0 amide bonds. The molecule has 28 heavy (non-hydrogen) atoms. The van der Waals surface area contributed by atoms with Crippen molar-refractivity contribution in [2.24, 2.45) is 0 Å². The molecule has 0 saturated heterocycles. The molecule has 0 atom stereocenters.